The van der Waals surface area contributed by atoms with Gasteiger partial charge in [-0.25, -0.2) is 0 Å². The van der Waals surface area contributed by atoms with Gasteiger partial charge in [0.05, 0.1) is 5.75 Å². The number of rotatable bonds is 6. The second-order valence-corrected chi connectivity index (χ2v) is 9.06. The number of para-hydroxylation sites is 1. The molecular formula is C23H31N5OS. The van der Waals surface area contributed by atoms with Crippen LogP contribution >= 0.6 is 11.8 Å². The van der Waals surface area contributed by atoms with Crippen molar-refractivity contribution in [1.29, 1.82) is 0 Å². The predicted molar refractivity (Wildman–Crippen MR) is 123 cm³/mol. The fraction of sp³-hybridized carbons (Fsp3) is 0.522. The van der Waals surface area contributed by atoms with E-state index in [1.165, 1.54) is 29.1 Å². The first-order chi connectivity index (χ1) is 14.5. The number of piperidine rings is 1. The zero-order chi connectivity index (χ0) is 21.3. The highest BCUT2D eigenvalue weighted by atomic mass is 32.2. The molecule has 0 spiro atoms. The molecule has 30 heavy (non-hydrogen) atoms. The minimum absolute atomic E-state index is 0.203. The van der Waals surface area contributed by atoms with Crippen LogP contribution in [0.1, 0.15) is 47.0 Å². The Kier molecular flexibility index (Phi) is 6.18. The summed E-state index contributed by atoms with van der Waals surface area (Å²) in [6, 6.07) is 9.06. The molecule has 1 aliphatic heterocycles. The van der Waals surface area contributed by atoms with Gasteiger partial charge in [0.15, 0.2) is 11.0 Å². The molecule has 2 aromatic heterocycles. The first-order valence-electron chi connectivity index (χ1n) is 11.0. The summed E-state index contributed by atoms with van der Waals surface area (Å²) in [5.74, 6) is 1.48. The van der Waals surface area contributed by atoms with E-state index in [0.29, 0.717) is 17.8 Å². The third-order valence-electron chi connectivity index (χ3n) is 6.21. The van der Waals surface area contributed by atoms with Crippen molar-refractivity contribution in [3.8, 4) is 11.4 Å². The molecule has 4 rings (SSSR count). The lowest BCUT2D eigenvalue weighted by Crippen LogP contribution is -2.48. The molecule has 1 fully saturated rings. The number of nitrogens with zero attached hydrogens (tertiary/aromatic N) is 5. The van der Waals surface area contributed by atoms with Crippen LogP contribution < -0.4 is 0 Å². The van der Waals surface area contributed by atoms with Crippen LogP contribution in [0.5, 0.6) is 0 Å². The Labute approximate surface area is 182 Å². The lowest BCUT2D eigenvalue weighted by molar-refractivity contribution is -0.134. The van der Waals surface area contributed by atoms with Gasteiger partial charge in [-0.05, 0) is 53.0 Å². The second kappa shape index (κ2) is 8.84. The minimum atomic E-state index is 0.203. The minimum Gasteiger partial charge on any atom is -0.347 e. The van der Waals surface area contributed by atoms with Gasteiger partial charge in [0, 0.05) is 47.8 Å². The molecule has 1 saturated heterocycles. The van der Waals surface area contributed by atoms with Gasteiger partial charge >= 0.3 is 0 Å². The van der Waals surface area contributed by atoms with Gasteiger partial charge in [0.2, 0.25) is 5.91 Å². The van der Waals surface area contributed by atoms with Crippen LogP contribution in [0.2, 0.25) is 0 Å². The lowest BCUT2D eigenvalue weighted by atomic mass is 9.98. The fourth-order valence-corrected chi connectivity index (χ4v) is 5.55. The number of aromatic nitrogens is 4. The van der Waals surface area contributed by atoms with Crippen LogP contribution in [-0.2, 0) is 17.9 Å². The smallest absolute Gasteiger partial charge is 0.233 e. The van der Waals surface area contributed by atoms with Crippen molar-refractivity contribution in [3.63, 3.8) is 0 Å². The lowest BCUT2D eigenvalue weighted by Gasteiger charge is -2.39. The second-order valence-electron chi connectivity index (χ2n) is 8.12. The average molecular weight is 426 g/mol. The predicted octanol–water partition coefficient (Wildman–Crippen LogP) is 4.82. The van der Waals surface area contributed by atoms with Crippen molar-refractivity contribution >= 4 is 28.6 Å². The molecule has 2 unspecified atom stereocenters. The Morgan fingerprint density at radius 1 is 1.10 bits per heavy atom. The zero-order valence-electron chi connectivity index (χ0n) is 18.3. The first kappa shape index (κ1) is 21.0. The Morgan fingerprint density at radius 2 is 1.83 bits per heavy atom. The van der Waals surface area contributed by atoms with Gasteiger partial charge in [-0.15, -0.1) is 10.2 Å². The normalized spacial score (nSPS) is 19.5. The molecule has 1 aromatic carbocycles. The molecule has 0 N–H and O–H groups in total. The molecular weight excluding hydrogens is 394 g/mol. The van der Waals surface area contributed by atoms with E-state index >= 15 is 0 Å². The van der Waals surface area contributed by atoms with E-state index in [-0.39, 0.29) is 5.91 Å². The molecule has 0 bridgehead atoms. The highest BCUT2D eigenvalue weighted by Gasteiger charge is 2.29. The molecule has 3 heterocycles. The number of thioether (sulfide) groups is 1. The Morgan fingerprint density at radius 3 is 2.53 bits per heavy atom. The summed E-state index contributed by atoms with van der Waals surface area (Å²) < 4.78 is 4.37. The van der Waals surface area contributed by atoms with Crippen molar-refractivity contribution in [1.82, 2.24) is 24.2 Å². The maximum Gasteiger partial charge on any atom is 0.233 e. The third kappa shape index (κ3) is 3.75. The standard InChI is InChI=1S/C23H31N5OS/c1-5-26-14-19(18-12-7-8-13-20(18)26)22-24-25-23(27(22)6-2)30-15-21(29)28-16(3)10-9-11-17(28)4/h7-8,12-14,16-17H,5-6,9-11,15H2,1-4H3. The molecule has 0 saturated carbocycles. The number of hydrogen-bond donors (Lipinski definition) is 0. The summed E-state index contributed by atoms with van der Waals surface area (Å²) in [4.78, 5) is 15.0. The molecule has 7 heteroatoms. The topological polar surface area (TPSA) is 56.0 Å². The highest BCUT2D eigenvalue weighted by Crippen LogP contribution is 2.32. The van der Waals surface area contributed by atoms with Crippen molar-refractivity contribution < 1.29 is 4.79 Å². The number of fused-ring (bicyclic) bond motifs is 1. The maximum atomic E-state index is 12.9. The molecule has 160 valence electrons. The number of amides is 1. The van der Waals surface area contributed by atoms with Gasteiger partial charge < -0.3 is 14.0 Å². The summed E-state index contributed by atoms with van der Waals surface area (Å²) in [5.41, 5.74) is 2.30. The van der Waals surface area contributed by atoms with Crippen LogP contribution in [0.15, 0.2) is 35.6 Å². The molecule has 0 aliphatic carbocycles. The zero-order valence-corrected chi connectivity index (χ0v) is 19.2. The third-order valence-corrected chi connectivity index (χ3v) is 7.16. The van der Waals surface area contributed by atoms with Crippen LogP contribution in [0.4, 0.5) is 0 Å². The number of carbonyl (C=O) groups is 1. The van der Waals surface area contributed by atoms with Gasteiger partial charge in [-0.3, -0.25) is 4.79 Å². The van der Waals surface area contributed by atoms with Crippen LogP contribution in [0.25, 0.3) is 22.3 Å². The Balaban J connectivity index is 1.58. The maximum absolute atomic E-state index is 12.9. The summed E-state index contributed by atoms with van der Waals surface area (Å²) in [5, 5.41) is 11.0. The summed E-state index contributed by atoms with van der Waals surface area (Å²) >= 11 is 1.50. The van der Waals surface area contributed by atoms with E-state index in [9.17, 15) is 4.79 Å². The quantitative estimate of drug-likeness (QED) is 0.531. The van der Waals surface area contributed by atoms with E-state index in [0.717, 1.165) is 42.5 Å². The number of hydrogen-bond acceptors (Lipinski definition) is 4. The fourth-order valence-electron chi connectivity index (χ4n) is 4.68. The first-order valence-corrected chi connectivity index (χ1v) is 12.0. The highest BCUT2D eigenvalue weighted by molar-refractivity contribution is 7.99. The number of aryl methyl sites for hydroxylation is 1. The Hall–Kier alpha value is -2.28. The number of carbonyl (C=O) groups excluding carboxylic acids is 1. The average Bonchev–Trinajstić information content (AvgIpc) is 3.32. The SMILES string of the molecule is CCn1c(SCC(=O)N2C(C)CCCC2C)nnc1-c1cn(CC)c2ccccc12. The molecule has 2 atom stereocenters. The summed E-state index contributed by atoms with van der Waals surface area (Å²) in [6.07, 6.45) is 5.56. The van der Waals surface area contributed by atoms with Gasteiger partial charge in [-0.1, -0.05) is 30.0 Å². The van der Waals surface area contributed by atoms with Crippen molar-refractivity contribution in [2.24, 2.45) is 0 Å². The van der Waals surface area contributed by atoms with E-state index in [1.807, 2.05) is 0 Å². The molecule has 1 aliphatic rings. The summed E-state index contributed by atoms with van der Waals surface area (Å²) in [7, 11) is 0. The van der Waals surface area contributed by atoms with Crippen molar-refractivity contribution in [3.05, 3.63) is 30.5 Å². The molecule has 0 radical (unpaired) electrons. The van der Waals surface area contributed by atoms with Gasteiger partial charge in [0.1, 0.15) is 0 Å². The van der Waals surface area contributed by atoms with Gasteiger partial charge in [-0.2, -0.15) is 0 Å². The Bertz CT molecular complexity index is 1030. The molecule has 6 nitrogen and oxygen atoms in total. The van der Waals surface area contributed by atoms with E-state index in [2.05, 4.69) is 82.4 Å². The van der Waals surface area contributed by atoms with Crippen LogP contribution in [0, 0.1) is 0 Å². The largest absolute Gasteiger partial charge is 0.347 e. The van der Waals surface area contributed by atoms with Gasteiger partial charge in [0.25, 0.3) is 0 Å². The number of benzene rings is 1. The van der Waals surface area contributed by atoms with Crippen LogP contribution in [-0.4, -0.2) is 48.0 Å². The molecule has 3 aromatic rings. The summed E-state index contributed by atoms with van der Waals surface area (Å²) in [6.45, 7) is 10.2. The van der Waals surface area contributed by atoms with E-state index < -0.39 is 0 Å². The van der Waals surface area contributed by atoms with E-state index in [1.54, 1.807) is 0 Å². The monoisotopic (exact) mass is 425 g/mol. The van der Waals surface area contributed by atoms with E-state index in [4.69, 9.17) is 0 Å². The molecule has 1 amide bonds. The van der Waals surface area contributed by atoms with Crippen molar-refractivity contribution in [2.75, 3.05) is 5.75 Å². The number of likely N-dealkylation sites (tertiary alicyclic amines) is 1. The van der Waals surface area contributed by atoms with Crippen molar-refractivity contribution in [2.45, 2.75) is 77.3 Å². The van der Waals surface area contributed by atoms with Crippen LogP contribution in [0.3, 0.4) is 0 Å².